The maximum absolute atomic E-state index is 12.5. The van der Waals surface area contributed by atoms with Crippen molar-refractivity contribution in [2.24, 2.45) is 5.73 Å². The fourth-order valence-electron chi connectivity index (χ4n) is 1.15. The van der Waals surface area contributed by atoms with Crippen LogP contribution in [0.5, 0.6) is 0 Å². The van der Waals surface area contributed by atoms with Gasteiger partial charge in [-0.3, -0.25) is 4.79 Å². The molecule has 0 heterocycles. The van der Waals surface area contributed by atoms with Gasteiger partial charge in [0, 0.05) is 6.42 Å². The highest BCUT2D eigenvalue weighted by molar-refractivity contribution is 5.83. The van der Waals surface area contributed by atoms with E-state index in [0.717, 1.165) is 5.56 Å². The van der Waals surface area contributed by atoms with Gasteiger partial charge in [-0.25, -0.2) is 4.39 Å². The van der Waals surface area contributed by atoms with Crippen LogP contribution in [-0.4, -0.2) is 11.8 Å². The Morgan fingerprint density at radius 2 is 2.00 bits per heavy atom. The zero-order valence-electron chi connectivity index (χ0n) is 8.16. The van der Waals surface area contributed by atoms with Crippen LogP contribution in [-0.2, 0) is 11.2 Å². The first-order chi connectivity index (χ1) is 6.59. The number of ketones is 1. The summed E-state index contributed by atoms with van der Waals surface area (Å²) in [5.41, 5.74) is 6.37. The van der Waals surface area contributed by atoms with Crippen LogP contribution >= 0.6 is 0 Å². The molecule has 0 spiro atoms. The van der Waals surface area contributed by atoms with Crippen molar-refractivity contribution in [1.29, 1.82) is 0 Å². The number of carbonyl (C=O) groups is 1. The van der Waals surface area contributed by atoms with E-state index in [9.17, 15) is 9.18 Å². The molecule has 14 heavy (non-hydrogen) atoms. The van der Waals surface area contributed by atoms with E-state index in [0.29, 0.717) is 12.8 Å². The minimum absolute atomic E-state index is 0.0364. The topological polar surface area (TPSA) is 43.1 Å². The van der Waals surface area contributed by atoms with E-state index in [1.807, 2.05) is 0 Å². The number of carbonyl (C=O) groups excluding carboxylic acids is 1. The molecule has 1 rings (SSSR count). The fourth-order valence-corrected chi connectivity index (χ4v) is 1.15. The number of aryl methyl sites for hydroxylation is 1. The summed E-state index contributed by atoms with van der Waals surface area (Å²) in [7, 11) is 0. The van der Waals surface area contributed by atoms with Crippen LogP contribution in [0.15, 0.2) is 24.3 Å². The summed E-state index contributed by atoms with van der Waals surface area (Å²) < 4.78 is 12.5. The second kappa shape index (κ2) is 4.86. The first kappa shape index (κ1) is 10.9. The van der Waals surface area contributed by atoms with Gasteiger partial charge in [0.1, 0.15) is 11.6 Å². The quantitative estimate of drug-likeness (QED) is 0.794. The summed E-state index contributed by atoms with van der Waals surface area (Å²) in [6, 6.07) is 5.75. The lowest BCUT2D eigenvalue weighted by Crippen LogP contribution is -2.26. The van der Waals surface area contributed by atoms with Crippen LogP contribution in [0.25, 0.3) is 0 Å². The predicted octanol–water partition coefficient (Wildman–Crippen LogP) is 1.67. The monoisotopic (exact) mass is 195 g/mol. The molecule has 0 bridgehead atoms. The first-order valence-corrected chi connectivity index (χ1v) is 4.62. The molecule has 1 unspecified atom stereocenters. The van der Waals surface area contributed by atoms with Gasteiger partial charge in [-0.1, -0.05) is 12.1 Å². The average molecular weight is 195 g/mol. The van der Waals surface area contributed by atoms with Gasteiger partial charge in [0.05, 0.1) is 6.04 Å². The van der Waals surface area contributed by atoms with Crippen molar-refractivity contribution in [1.82, 2.24) is 0 Å². The van der Waals surface area contributed by atoms with E-state index in [1.54, 1.807) is 19.1 Å². The van der Waals surface area contributed by atoms with Crippen LogP contribution < -0.4 is 5.73 Å². The molecule has 3 heteroatoms. The number of benzene rings is 1. The third-order valence-electron chi connectivity index (χ3n) is 2.08. The van der Waals surface area contributed by atoms with Crippen molar-refractivity contribution < 1.29 is 9.18 Å². The second-order valence-corrected chi connectivity index (χ2v) is 3.38. The van der Waals surface area contributed by atoms with Gasteiger partial charge in [-0.15, -0.1) is 0 Å². The molecule has 0 saturated carbocycles. The van der Waals surface area contributed by atoms with E-state index in [2.05, 4.69) is 0 Å². The minimum Gasteiger partial charge on any atom is -0.322 e. The highest BCUT2D eigenvalue weighted by Crippen LogP contribution is 2.06. The standard InChI is InChI=1S/C11H14FNO/c1-8(13)11(14)7-4-9-2-5-10(12)6-3-9/h2-3,5-6,8H,4,7,13H2,1H3. The van der Waals surface area contributed by atoms with Gasteiger partial charge in [0.25, 0.3) is 0 Å². The molecule has 0 aliphatic carbocycles. The molecule has 0 saturated heterocycles. The number of nitrogens with two attached hydrogens (primary N) is 1. The Balaban J connectivity index is 2.46. The highest BCUT2D eigenvalue weighted by Gasteiger charge is 2.07. The van der Waals surface area contributed by atoms with Gasteiger partial charge in [0.2, 0.25) is 0 Å². The van der Waals surface area contributed by atoms with Crippen molar-refractivity contribution in [3.05, 3.63) is 35.6 Å². The summed E-state index contributed by atoms with van der Waals surface area (Å²) in [5.74, 6) is -0.221. The van der Waals surface area contributed by atoms with Crippen LogP contribution in [0.4, 0.5) is 4.39 Å². The molecule has 0 aliphatic rings. The largest absolute Gasteiger partial charge is 0.322 e. The Kier molecular flexibility index (Phi) is 3.77. The zero-order valence-corrected chi connectivity index (χ0v) is 8.16. The molecule has 0 amide bonds. The van der Waals surface area contributed by atoms with E-state index < -0.39 is 6.04 Å². The molecule has 0 radical (unpaired) electrons. The lowest BCUT2D eigenvalue weighted by atomic mass is 10.0. The van der Waals surface area contributed by atoms with Gasteiger partial charge in [0.15, 0.2) is 0 Å². The Labute approximate surface area is 82.9 Å². The average Bonchev–Trinajstić information content (AvgIpc) is 2.16. The molecule has 0 fully saturated rings. The van der Waals surface area contributed by atoms with E-state index in [-0.39, 0.29) is 11.6 Å². The van der Waals surface area contributed by atoms with Crippen LogP contribution in [0.2, 0.25) is 0 Å². The number of hydrogen-bond donors (Lipinski definition) is 1. The third kappa shape index (κ3) is 3.26. The number of hydrogen-bond acceptors (Lipinski definition) is 2. The maximum atomic E-state index is 12.5. The summed E-state index contributed by atoms with van der Waals surface area (Å²) in [6.45, 7) is 1.67. The van der Waals surface area contributed by atoms with Gasteiger partial charge in [-0.2, -0.15) is 0 Å². The Bertz CT molecular complexity index is 306. The van der Waals surface area contributed by atoms with E-state index in [1.165, 1.54) is 12.1 Å². The minimum atomic E-state index is -0.407. The van der Waals surface area contributed by atoms with Crippen molar-refractivity contribution in [2.75, 3.05) is 0 Å². The summed E-state index contributed by atoms with van der Waals surface area (Å²) in [4.78, 5) is 11.2. The van der Waals surface area contributed by atoms with Gasteiger partial charge >= 0.3 is 0 Å². The fraction of sp³-hybridized carbons (Fsp3) is 0.364. The van der Waals surface area contributed by atoms with Crippen molar-refractivity contribution in [2.45, 2.75) is 25.8 Å². The number of Topliss-reactive ketones (excluding diaryl/α,β-unsaturated/α-hetero) is 1. The SMILES string of the molecule is CC(N)C(=O)CCc1ccc(F)cc1. The number of halogens is 1. The Morgan fingerprint density at radius 3 is 2.50 bits per heavy atom. The highest BCUT2D eigenvalue weighted by atomic mass is 19.1. The molecular formula is C11H14FNO. The smallest absolute Gasteiger partial charge is 0.149 e. The molecule has 1 atom stereocenters. The third-order valence-corrected chi connectivity index (χ3v) is 2.08. The predicted molar refractivity (Wildman–Crippen MR) is 53.4 cm³/mol. The maximum Gasteiger partial charge on any atom is 0.149 e. The van der Waals surface area contributed by atoms with Crippen molar-refractivity contribution in [3.63, 3.8) is 0 Å². The van der Waals surface area contributed by atoms with E-state index >= 15 is 0 Å². The molecular weight excluding hydrogens is 181 g/mol. The molecule has 2 nitrogen and oxygen atoms in total. The zero-order chi connectivity index (χ0) is 10.6. The number of rotatable bonds is 4. The van der Waals surface area contributed by atoms with Gasteiger partial charge in [-0.05, 0) is 31.0 Å². The lowest BCUT2D eigenvalue weighted by Gasteiger charge is -2.03. The van der Waals surface area contributed by atoms with Crippen LogP contribution in [0.3, 0.4) is 0 Å². The van der Waals surface area contributed by atoms with Crippen LogP contribution in [0.1, 0.15) is 18.9 Å². The normalized spacial score (nSPS) is 12.5. The molecule has 1 aromatic carbocycles. The molecule has 1 aromatic rings. The molecule has 76 valence electrons. The van der Waals surface area contributed by atoms with Crippen molar-refractivity contribution in [3.8, 4) is 0 Å². The summed E-state index contributed by atoms with van der Waals surface area (Å²) >= 11 is 0. The Hall–Kier alpha value is -1.22. The van der Waals surface area contributed by atoms with Crippen molar-refractivity contribution >= 4 is 5.78 Å². The lowest BCUT2D eigenvalue weighted by molar-refractivity contribution is -0.119. The molecule has 0 aromatic heterocycles. The second-order valence-electron chi connectivity index (χ2n) is 3.38. The molecule has 0 aliphatic heterocycles. The Morgan fingerprint density at radius 1 is 1.43 bits per heavy atom. The van der Waals surface area contributed by atoms with E-state index in [4.69, 9.17) is 5.73 Å². The van der Waals surface area contributed by atoms with Gasteiger partial charge < -0.3 is 5.73 Å². The summed E-state index contributed by atoms with van der Waals surface area (Å²) in [5, 5.41) is 0. The molecule has 2 N–H and O–H groups in total. The van der Waals surface area contributed by atoms with Crippen LogP contribution in [0, 0.1) is 5.82 Å². The first-order valence-electron chi connectivity index (χ1n) is 4.62. The summed E-state index contributed by atoms with van der Waals surface area (Å²) in [6.07, 6.45) is 1.05.